The lowest BCUT2D eigenvalue weighted by Crippen LogP contribution is -2.41. The number of carbonyl (C=O) groups is 1. The Labute approximate surface area is 166 Å². The van der Waals surface area contributed by atoms with Crippen LogP contribution in [0.5, 0.6) is 5.75 Å². The van der Waals surface area contributed by atoms with Crippen LogP contribution in [0.3, 0.4) is 0 Å². The predicted molar refractivity (Wildman–Crippen MR) is 110 cm³/mol. The third-order valence-corrected chi connectivity index (χ3v) is 6.17. The Bertz CT molecular complexity index is 972. The molecule has 0 fully saturated rings. The average Bonchev–Trinajstić information content (AvgIpc) is 3.13. The zero-order valence-electron chi connectivity index (χ0n) is 16.4. The van der Waals surface area contributed by atoms with Crippen molar-refractivity contribution in [2.75, 3.05) is 24.2 Å². The number of fused-ring (bicyclic) bond motifs is 1. The fourth-order valence-corrected chi connectivity index (χ4v) is 4.38. The first-order chi connectivity index (χ1) is 13.3. The third kappa shape index (κ3) is 4.65. The Hall–Kier alpha value is -2.54. The first kappa shape index (κ1) is 20.2. The Balaban J connectivity index is 1.73. The van der Waals surface area contributed by atoms with E-state index in [1.54, 1.807) is 24.3 Å². The molecule has 0 aromatic heterocycles. The van der Waals surface area contributed by atoms with Gasteiger partial charge in [-0.3, -0.25) is 9.10 Å². The van der Waals surface area contributed by atoms with Crippen LogP contribution < -0.4 is 14.4 Å². The zero-order chi connectivity index (χ0) is 20.3. The summed E-state index contributed by atoms with van der Waals surface area (Å²) < 4.78 is 30.8. The number of carbonyl (C=O) groups excluding carboxylic acids is 1. The lowest BCUT2D eigenvalue weighted by molar-refractivity contribution is -0.120. The lowest BCUT2D eigenvalue weighted by atomic mass is 10.0. The van der Waals surface area contributed by atoms with Crippen LogP contribution >= 0.6 is 0 Å². The monoisotopic (exact) mass is 402 g/mol. The second-order valence-corrected chi connectivity index (χ2v) is 9.05. The minimum Gasteiger partial charge on any atom is -0.497 e. The molecule has 150 valence electrons. The van der Waals surface area contributed by atoms with Crippen molar-refractivity contribution < 1.29 is 17.9 Å². The summed E-state index contributed by atoms with van der Waals surface area (Å²) in [5.41, 5.74) is 4.14. The summed E-state index contributed by atoms with van der Waals surface area (Å²) in [7, 11) is -2.12. The van der Waals surface area contributed by atoms with Gasteiger partial charge in [0.1, 0.15) is 12.3 Å². The molecule has 0 bridgehead atoms. The van der Waals surface area contributed by atoms with Gasteiger partial charge in [0.25, 0.3) is 0 Å². The number of hydrogen-bond donors (Lipinski definition) is 1. The van der Waals surface area contributed by atoms with Crippen molar-refractivity contribution in [3.63, 3.8) is 0 Å². The molecule has 6 nitrogen and oxygen atoms in total. The van der Waals surface area contributed by atoms with Crippen molar-refractivity contribution in [3.05, 3.63) is 59.2 Å². The minimum atomic E-state index is -3.63. The molecule has 7 heteroatoms. The number of anilines is 1. The molecule has 0 saturated heterocycles. The maximum absolute atomic E-state index is 12.6. The third-order valence-electron chi connectivity index (χ3n) is 5.03. The molecule has 0 aliphatic heterocycles. The number of hydrogen-bond acceptors (Lipinski definition) is 4. The van der Waals surface area contributed by atoms with Crippen molar-refractivity contribution in [2.45, 2.75) is 32.2 Å². The number of nitrogens with one attached hydrogen (secondary N) is 1. The number of methoxy groups -OCH3 is 1. The van der Waals surface area contributed by atoms with Crippen molar-refractivity contribution in [1.82, 2.24) is 5.32 Å². The van der Waals surface area contributed by atoms with Crippen LogP contribution in [-0.2, 0) is 27.7 Å². The lowest BCUT2D eigenvalue weighted by Gasteiger charge is -2.23. The standard InChI is InChI=1S/C21H26N2O4S/c1-15(17-11-10-16-6-4-7-18(16)12-17)22-21(24)14-23(28(3,25)26)19-8-5-9-20(13-19)27-2/h5,8-13,15H,4,6-7,14H2,1-3H3,(H,22,24)/t15-/m1/s1. The minimum absolute atomic E-state index is 0.204. The van der Waals surface area contributed by atoms with Crippen LogP contribution in [-0.4, -0.2) is 34.2 Å². The highest BCUT2D eigenvalue weighted by Crippen LogP contribution is 2.26. The highest BCUT2D eigenvalue weighted by atomic mass is 32.2. The summed E-state index contributed by atoms with van der Waals surface area (Å²) >= 11 is 0. The molecule has 1 N–H and O–H groups in total. The fourth-order valence-electron chi connectivity index (χ4n) is 3.53. The van der Waals surface area contributed by atoms with Crippen LogP contribution in [0.25, 0.3) is 0 Å². The summed E-state index contributed by atoms with van der Waals surface area (Å²) in [5, 5.41) is 2.91. The summed E-state index contributed by atoms with van der Waals surface area (Å²) in [5.74, 6) is 0.166. The van der Waals surface area contributed by atoms with Crippen LogP contribution in [0.15, 0.2) is 42.5 Å². The van der Waals surface area contributed by atoms with E-state index in [1.165, 1.54) is 24.7 Å². The van der Waals surface area contributed by atoms with Gasteiger partial charge in [-0.25, -0.2) is 8.42 Å². The quantitative estimate of drug-likeness (QED) is 0.773. The molecule has 2 aromatic rings. The predicted octanol–water partition coefficient (Wildman–Crippen LogP) is 2.83. The maximum atomic E-state index is 12.6. The van der Waals surface area contributed by atoms with Gasteiger partial charge in [-0.05, 0) is 55.0 Å². The first-order valence-electron chi connectivity index (χ1n) is 9.31. The van der Waals surface area contributed by atoms with Crippen LogP contribution in [0.1, 0.15) is 36.1 Å². The molecule has 0 spiro atoms. The van der Waals surface area contributed by atoms with Crippen LogP contribution in [0.4, 0.5) is 5.69 Å². The Morgan fingerprint density at radius 1 is 1.18 bits per heavy atom. The summed E-state index contributed by atoms with van der Waals surface area (Å²) in [6.45, 7) is 1.62. The van der Waals surface area contributed by atoms with Gasteiger partial charge in [-0.1, -0.05) is 24.3 Å². The molecular formula is C21H26N2O4S. The van der Waals surface area contributed by atoms with E-state index in [-0.39, 0.29) is 18.5 Å². The highest BCUT2D eigenvalue weighted by Gasteiger charge is 2.22. The highest BCUT2D eigenvalue weighted by molar-refractivity contribution is 7.92. The van der Waals surface area contributed by atoms with Gasteiger partial charge >= 0.3 is 0 Å². The number of aryl methyl sites for hydroxylation is 2. The number of nitrogens with zero attached hydrogens (tertiary/aromatic N) is 1. The second kappa shape index (κ2) is 8.22. The number of rotatable bonds is 7. The molecule has 28 heavy (non-hydrogen) atoms. The SMILES string of the molecule is COc1cccc(N(CC(=O)N[C@H](C)c2ccc3c(c2)CCC3)S(C)(=O)=O)c1. The van der Waals surface area contributed by atoms with Gasteiger partial charge in [0.15, 0.2) is 0 Å². The second-order valence-electron chi connectivity index (χ2n) is 7.14. The number of ether oxygens (including phenoxy) is 1. The summed E-state index contributed by atoms with van der Waals surface area (Å²) in [4.78, 5) is 12.6. The van der Waals surface area contributed by atoms with Crippen molar-refractivity contribution in [1.29, 1.82) is 0 Å². The van der Waals surface area contributed by atoms with E-state index >= 15 is 0 Å². The van der Waals surface area contributed by atoms with E-state index < -0.39 is 10.0 Å². The normalized spacial score (nSPS) is 14.2. The average molecular weight is 403 g/mol. The molecule has 2 aromatic carbocycles. The summed E-state index contributed by atoms with van der Waals surface area (Å²) in [6, 6.07) is 12.7. The van der Waals surface area contributed by atoms with Crippen LogP contribution in [0.2, 0.25) is 0 Å². The molecule has 1 atom stereocenters. The van der Waals surface area contributed by atoms with Gasteiger partial charge in [0, 0.05) is 6.07 Å². The van der Waals surface area contributed by atoms with E-state index in [0.717, 1.165) is 29.0 Å². The van der Waals surface area contributed by atoms with Gasteiger partial charge in [-0.15, -0.1) is 0 Å². The molecule has 0 unspecified atom stereocenters. The van der Waals surface area contributed by atoms with E-state index in [4.69, 9.17) is 4.74 Å². The van der Waals surface area contributed by atoms with Crippen molar-refractivity contribution in [2.24, 2.45) is 0 Å². The van der Waals surface area contributed by atoms with E-state index in [9.17, 15) is 13.2 Å². The number of amides is 1. The first-order valence-corrected chi connectivity index (χ1v) is 11.2. The molecule has 3 rings (SSSR count). The Kier molecular flexibility index (Phi) is 5.93. The molecule has 0 heterocycles. The van der Waals surface area contributed by atoms with Crippen molar-refractivity contribution >= 4 is 21.6 Å². The topological polar surface area (TPSA) is 75.7 Å². The van der Waals surface area contributed by atoms with E-state index in [2.05, 4.69) is 17.4 Å². The zero-order valence-corrected chi connectivity index (χ0v) is 17.3. The van der Waals surface area contributed by atoms with Gasteiger partial charge < -0.3 is 10.1 Å². The smallest absolute Gasteiger partial charge is 0.241 e. The van der Waals surface area contributed by atoms with Gasteiger partial charge in [0.05, 0.1) is 25.1 Å². The van der Waals surface area contributed by atoms with Crippen molar-refractivity contribution in [3.8, 4) is 5.75 Å². The van der Waals surface area contributed by atoms with Gasteiger partial charge in [0.2, 0.25) is 15.9 Å². The summed E-state index contributed by atoms with van der Waals surface area (Å²) in [6.07, 6.45) is 4.44. The van der Waals surface area contributed by atoms with Crippen LogP contribution in [0, 0.1) is 0 Å². The largest absolute Gasteiger partial charge is 0.497 e. The van der Waals surface area contributed by atoms with E-state index in [1.807, 2.05) is 13.0 Å². The molecule has 0 saturated carbocycles. The number of sulfonamides is 1. The molecule has 1 amide bonds. The Morgan fingerprint density at radius 3 is 2.64 bits per heavy atom. The van der Waals surface area contributed by atoms with Gasteiger partial charge in [-0.2, -0.15) is 0 Å². The maximum Gasteiger partial charge on any atom is 0.241 e. The molecule has 1 aliphatic carbocycles. The molecular weight excluding hydrogens is 376 g/mol. The molecule has 1 aliphatic rings. The Morgan fingerprint density at radius 2 is 1.93 bits per heavy atom. The number of benzene rings is 2. The molecule has 0 radical (unpaired) electrons. The van der Waals surface area contributed by atoms with E-state index in [0.29, 0.717) is 11.4 Å². The fraction of sp³-hybridized carbons (Fsp3) is 0.381.